The molecule has 2 aromatic rings. The van der Waals surface area contributed by atoms with Gasteiger partial charge in [0.2, 0.25) is 11.8 Å². The normalized spacial score (nSPS) is 27.5. The van der Waals surface area contributed by atoms with Crippen LogP contribution in [-0.2, 0) is 30.3 Å². The van der Waals surface area contributed by atoms with E-state index in [0.29, 0.717) is 29.5 Å². The first-order valence-electron chi connectivity index (χ1n) is 14.7. The van der Waals surface area contributed by atoms with Gasteiger partial charge in [-0.05, 0) is 49.1 Å². The Bertz CT molecular complexity index is 1310. The topological polar surface area (TPSA) is 117 Å². The summed E-state index contributed by atoms with van der Waals surface area (Å²) in [6.07, 6.45) is 5.17. The summed E-state index contributed by atoms with van der Waals surface area (Å²) < 4.78 is 22.7. The molecule has 41 heavy (non-hydrogen) atoms. The van der Waals surface area contributed by atoms with E-state index in [1.165, 1.54) is 12.0 Å². The molecule has 1 aromatic carbocycles. The summed E-state index contributed by atoms with van der Waals surface area (Å²) in [5.41, 5.74) is 1.62. The molecule has 0 N–H and O–H groups in total. The minimum atomic E-state index is -0.828. The molecule has 3 heterocycles. The van der Waals surface area contributed by atoms with Gasteiger partial charge in [0.15, 0.2) is 0 Å². The Morgan fingerprint density at radius 2 is 1.83 bits per heavy atom. The second kappa shape index (κ2) is 11.8. The Kier molecular flexibility index (Phi) is 8.38. The van der Waals surface area contributed by atoms with Crippen molar-refractivity contribution in [1.29, 1.82) is 0 Å². The van der Waals surface area contributed by atoms with Crippen LogP contribution < -0.4 is 9.47 Å². The highest BCUT2D eigenvalue weighted by Gasteiger charge is 2.47. The van der Waals surface area contributed by atoms with E-state index in [4.69, 9.17) is 28.9 Å². The zero-order valence-electron chi connectivity index (χ0n) is 24.7. The van der Waals surface area contributed by atoms with E-state index < -0.39 is 29.4 Å². The lowest BCUT2D eigenvalue weighted by atomic mass is 9.77. The summed E-state index contributed by atoms with van der Waals surface area (Å²) in [7, 11) is 2.91. The number of amides is 1. The number of esters is 2. The number of benzene rings is 1. The molecule has 1 saturated heterocycles. The molecule has 1 amide bonds. The average molecular weight is 568 g/mol. The fourth-order valence-electron chi connectivity index (χ4n) is 5.97. The van der Waals surface area contributed by atoms with Crippen LogP contribution in [0.15, 0.2) is 18.2 Å². The first-order valence-corrected chi connectivity index (χ1v) is 14.7. The predicted molar refractivity (Wildman–Crippen MR) is 150 cm³/mol. The quantitative estimate of drug-likeness (QED) is 0.491. The van der Waals surface area contributed by atoms with Crippen molar-refractivity contribution in [3.8, 4) is 11.6 Å². The van der Waals surface area contributed by atoms with Crippen LogP contribution in [0.3, 0.4) is 0 Å². The van der Waals surface area contributed by atoms with E-state index >= 15 is 0 Å². The number of aromatic nitrogens is 2. The van der Waals surface area contributed by atoms with Crippen molar-refractivity contribution < 1.29 is 33.3 Å². The van der Waals surface area contributed by atoms with Crippen LogP contribution in [0.4, 0.5) is 0 Å². The first kappa shape index (κ1) is 29.1. The van der Waals surface area contributed by atoms with Crippen LogP contribution in [0.5, 0.6) is 11.6 Å². The lowest BCUT2D eigenvalue weighted by molar-refractivity contribution is -0.157. The average Bonchev–Trinajstić information content (AvgIpc) is 3.53. The number of hydrogen-bond acceptors (Lipinski definition) is 9. The first-order chi connectivity index (χ1) is 19.6. The molecule has 1 aliphatic carbocycles. The Balaban J connectivity index is 1.49. The minimum absolute atomic E-state index is 0.0381. The Hall–Kier alpha value is -3.43. The Morgan fingerprint density at radius 3 is 2.56 bits per heavy atom. The van der Waals surface area contributed by atoms with Crippen molar-refractivity contribution in [2.75, 3.05) is 20.8 Å². The van der Waals surface area contributed by atoms with Gasteiger partial charge in [-0.15, -0.1) is 0 Å². The number of nitrogens with zero attached hydrogens (tertiary/aromatic N) is 3. The molecule has 10 heteroatoms. The van der Waals surface area contributed by atoms with Crippen LogP contribution in [0.1, 0.15) is 71.4 Å². The standard InChI is InChI=1S/C31H41N3O7/c1-31(2,3)21-16-27(35)41-26-13-18(26)9-7-6-8-10-23-28(33-24-14-19(38-4)11-12-22(24)32-23)40-20-15-25(30(37)39-5)34(17-20)29(21)36/h11-12,14,18,20-21,25-26H,6-10,13,15-17H2,1-5H3/t18-,20-,21-,25+,26-/m1/s1. The highest BCUT2D eigenvalue weighted by Crippen LogP contribution is 2.40. The third kappa shape index (κ3) is 6.57. The molecule has 10 nitrogen and oxygen atoms in total. The Labute approximate surface area is 241 Å². The van der Waals surface area contributed by atoms with Crippen molar-refractivity contribution in [2.24, 2.45) is 17.3 Å². The molecular weight excluding hydrogens is 526 g/mol. The number of methoxy groups -OCH3 is 2. The number of carbonyl (C=O) groups excluding carboxylic acids is 3. The van der Waals surface area contributed by atoms with Crippen LogP contribution >= 0.6 is 0 Å². The smallest absolute Gasteiger partial charge is 0.328 e. The lowest BCUT2D eigenvalue weighted by Gasteiger charge is -2.34. The van der Waals surface area contributed by atoms with Gasteiger partial charge in [-0.25, -0.2) is 14.8 Å². The molecule has 2 aliphatic heterocycles. The van der Waals surface area contributed by atoms with E-state index in [-0.39, 0.29) is 37.4 Å². The molecule has 2 bridgehead atoms. The largest absolute Gasteiger partial charge is 0.497 e. The zero-order valence-corrected chi connectivity index (χ0v) is 24.7. The molecule has 1 saturated carbocycles. The number of hydrogen-bond donors (Lipinski definition) is 0. The SMILES string of the molecule is COC(=O)[C@@H]1C[C@@H]2CN1C(=O)[C@H](C(C)(C)C)CC(=O)O[C@@H]1C[C@H]1CCCCCc1nc3ccc(OC)cc3nc1O2. The lowest BCUT2D eigenvalue weighted by Crippen LogP contribution is -2.47. The van der Waals surface area contributed by atoms with Gasteiger partial charge in [0.05, 0.1) is 44.1 Å². The van der Waals surface area contributed by atoms with Crippen molar-refractivity contribution in [3.05, 3.63) is 23.9 Å². The maximum atomic E-state index is 14.0. The van der Waals surface area contributed by atoms with Crippen molar-refractivity contribution in [2.45, 2.75) is 90.4 Å². The summed E-state index contributed by atoms with van der Waals surface area (Å²) in [6, 6.07) is 4.73. The molecule has 0 spiro atoms. The van der Waals surface area contributed by atoms with Gasteiger partial charge in [-0.3, -0.25) is 9.59 Å². The van der Waals surface area contributed by atoms with Crippen molar-refractivity contribution >= 4 is 28.9 Å². The van der Waals surface area contributed by atoms with Gasteiger partial charge in [0.1, 0.15) is 29.7 Å². The van der Waals surface area contributed by atoms with E-state index in [9.17, 15) is 14.4 Å². The van der Waals surface area contributed by atoms with Gasteiger partial charge >= 0.3 is 11.9 Å². The van der Waals surface area contributed by atoms with E-state index in [0.717, 1.165) is 43.3 Å². The monoisotopic (exact) mass is 567 g/mol. The fourth-order valence-corrected chi connectivity index (χ4v) is 5.97. The highest BCUT2D eigenvalue weighted by molar-refractivity contribution is 5.89. The molecule has 222 valence electrons. The molecule has 0 unspecified atom stereocenters. The Morgan fingerprint density at radius 1 is 1.02 bits per heavy atom. The predicted octanol–water partition coefficient (Wildman–Crippen LogP) is 4.26. The van der Waals surface area contributed by atoms with Gasteiger partial charge in [0, 0.05) is 12.5 Å². The third-order valence-electron chi connectivity index (χ3n) is 8.55. The summed E-state index contributed by atoms with van der Waals surface area (Å²) in [5, 5.41) is 0. The molecule has 3 aliphatic rings. The molecule has 1 aromatic heterocycles. The van der Waals surface area contributed by atoms with E-state index in [2.05, 4.69) is 0 Å². The summed E-state index contributed by atoms with van der Waals surface area (Å²) >= 11 is 0. The fraction of sp³-hybridized carbons (Fsp3) is 0.645. The van der Waals surface area contributed by atoms with Crippen LogP contribution in [0, 0.1) is 17.3 Å². The van der Waals surface area contributed by atoms with Gasteiger partial charge in [-0.1, -0.05) is 33.6 Å². The maximum absolute atomic E-state index is 14.0. The van der Waals surface area contributed by atoms with Crippen LogP contribution in [0.25, 0.3) is 11.0 Å². The molecule has 0 radical (unpaired) electrons. The second-order valence-electron chi connectivity index (χ2n) is 12.6. The number of carbonyl (C=O) groups is 3. The second-order valence-corrected chi connectivity index (χ2v) is 12.6. The number of fused-ring (bicyclic) bond motifs is 5. The minimum Gasteiger partial charge on any atom is -0.497 e. The third-order valence-corrected chi connectivity index (χ3v) is 8.55. The number of rotatable bonds is 2. The molecular formula is C31H41N3O7. The molecule has 5 rings (SSSR count). The van der Waals surface area contributed by atoms with Gasteiger partial charge < -0.3 is 23.8 Å². The van der Waals surface area contributed by atoms with Gasteiger partial charge in [-0.2, -0.15) is 0 Å². The molecule has 5 atom stereocenters. The van der Waals surface area contributed by atoms with Crippen molar-refractivity contribution in [1.82, 2.24) is 14.9 Å². The van der Waals surface area contributed by atoms with Crippen LogP contribution in [0.2, 0.25) is 0 Å². The number of ether oxygens (including phenoxy) is 4. The van der Waals surface area contributed by atoms with Crippen LogP contribution in [-0.4, -0.2) is 71.7 Å². The van der Waals surface area contributed by atoms with E-state index in [1.54, 1.807) is 7.11 Å². The summed E-state index contributed by atoms with van der Waals surface area (Å²) in [6.45, 7) is 5.95. The summed E-state index contributed by atoms with van der Waals surface area (Å²) in [5.74, 6) is -0.368. The zero-order chi connectivity index (χ0) is 29.3. The summed E-state index contributed by atoms with van der Waals surface area (Å²) in [4.78, 5) is 51.1. The van der Waals surface area contributed by atoms with Gasteiger partial charge in [0.25, 0.3) is 0 Å². The highest BCUT2D eigenvalue weighted by atomic mass is 16.6. The maximum Gasteiger partial charge on any atom is 0.328 e. The van der Waals surface area contributed by atoms with E-state index in [1.807, 2.05) is 39.0 Å². The number of aryl methyl sites for hydroxylation is 1. The van der Waals surface area contributed by atoms with Crippen molar-refractivity contribution in [3.63, 3.8) is 0 Å². The molecule has 2 fully saturated rings.